The summed E-state index contributed by atoms with van der Waals surface area (Å²) in [6, 6.07) is 16.5. The Morgan fingerprint density at radius 3 is 2.50 bits per heavy atom. The van der Waals surface area contributed by atoms with Crippen LogP contribution < -0.4 is 20.1 Å². The van der Waals surface area contributed by atoms with Crippen molar-refractivity contribution in [1.29, 1.82) is 0 Å². The SMILES string of the molecule is O=C(Nc1nc2ccc(OS(=O)(=O)c3ccc(NC4CCCC4)cc3)cc2[nH]1)Nc1ccccc1F. The number of hydrogen-bond acceptors (Lipinski definition) is 6. The fourth-order valence-electron chi connectivity index (χ4n) is 4.12. The van der Waals surface area contributed by atoms with E-state index in [9.17, 15) is 17.6 Å². The van der Waals surface area contributed by atoms with Crippen molar-refractivity contribution in [3.8, 4) is 5.75 Å². The second kappa shape index (κ2) is 9.86. The quantitative estimate of drug-likeness (QED) is 0.245. The molecule has 0 radical (unpaired) electrons. The van der Waals surface area contributed by atoms with E-state index in [1.165, 1.54) is 55.3 Å². The van der Waals surface area contributed by atoms with Crippen LogP contribution in [-0.4, -0.2) is 30.5 Å². The van der Waals surface area contributed by atoms with Crippen molar-refractivity contribution in [3.05, 3.63) is 72.5 Å². The van der Waals surface area contributed by atoms with Crippen molar-refractivity contribution in [2.45, 2.75) is 36.6 Å². The van der Waals surface area contributed by atoms with E-state index in [1.807, 2.05) is 0 Å². The number of carbonyl (C=O) groups excluding carboxylic acids is 1. The van der Waals surface area contributed by atoms with Gasteiger partial charge < -0.3 is 19.8 Å². The van der Waals surface area contributed by atoms with Gasteiger partial charge in [0.15, 0.2) is 0 Å². The minimum Gasteiger partial charge on any atom is -0.382 e. The average molecular weight is 510 g/mol. The van der Waals surface area contributed by atoms with Crippen molar-refractivity contribution in [1.82, 2.24) is 9.97 Å². The van der Waals surface area contributed by atoms with Gasteiger partial charge in [0.05, 0.1) is 16.7 Å². The van der Waals surface area contributed by atoms with Crippen LogP contribution in [0.1, 0.15) is 25.7 Å². The Kier molecular flexibility index (Phi) is 6.47. The molecule has 0 atom stereocenters. The molecule has 1 aliphatic carbocycles. The van der Waals surface area contributed by atoms with Crippen LogP contribution in [0.25, 0.3) is 11.0 Å². The summed E-state index contributed by atoms with van der Waals surface area (Å²) in [6.07, 6.45) is 4.65. The molecule has 2 amide bonds. The normalized spacial score (nSPS) is 14.0. The van der Waals surface area contributed by atoms with Gasteiger partial charge in [-0.2, -0.15) is 8.42 Å². The summed E-state index contributed by atoms with van der Waals surface area (Å²) in [7, 11) is -4.05. The van der Waals surface area contributed by atoms with Gasteiger partial charge in [-0.05, 0) is 61.4 Å². The lowest BCUT2D eigenvalue weighted by atomic mass is 10.2. The number of imidazole rings is 1. The number of rotatable bonds is 7. The highest BCUT2D eigenvalue weighted by atomic mass is 32.2. The first-order chi connectivity index (χ1) is 17.4. The maximum atomic E-state index is 13.7. The fourth-order valence-corrected chi connectivity index (χ4v) is 5.04. The Labute approximate surface area is 207 Å². The largest absolute Gasteiger partial charge is 0.382 e. The molecule has 186 valence electrons. The molecule has 1 aliphatic rings. The standard InChI is InChI=1S/C25H24FN5O4S/c26-20-7-3-4-8-21(20)30-25(32)31-24-28-22-14-11-18(15-23(22)29-24)35-36(33,34)19-12-9-17(10-13-19)27-16-5-1-2-6-16/h3-4,7-16,27H,1-2,5-6H2,(H3,28,29,30,31,32). The fraction of sp³-hybridized carbons (Fsp3) is 0.200. The summed E-state index contributed by atoms with van der Waals surface area (Å²) in [5, 5.41) is 8.30. The first-order valence-electron chi connectivity index (χ1n) is 11.5. The van der Waals surface area contributed by atoms with Gasteiger partial charge in [0.1, 0.15) is 16.5 Å². The number of fused-ring (bicyclic) bond motifs is 1. The number of anilines is 3. The van der Waals surface area contributed by atoms with Crippen LogP contribution in [-0.2, 0) is 10.1 Å². The van der Waals surface area contributed by atoms with Gasteiger partial charge in [-0.15, -0.1) is 0 Å². The molecule has 0 saturated heterocycles. The summed E-state index contributed by atoms with van der Waals surface area (Å²) >= 11 is 0. The lowest BCUT2D eigenvalue weighted by molar-refractivity contribution is 0.262. The van der Waals surface area contributed by atoms with Crippen molar-refractivity contribution >= 4 is 44.5 Å². The van der Waals surface area contributed by atoms with Crippen LogP contribution in [0.4, 0.5) is 26.5 Å². The monoisotopic (exact) mass is 509 g/mol. The number of nitrogens with one attached hydrogen (secondary N) is 4. The molecule has 5 rings (SSSR count). The third kappa shape index (κ3) is 5.41. The Hall–Kier alpha value is -4.12. The zero-order valence-corrected chi connectivity index (χ0v) is 19.9. The summed E-state index contributed by atoms with van der Waals surface area (Å²) in [5.41, 5.74) is 1.82. The third-order valence-corrected chi connectivity index (χ3v) is 7.14. The average Bonchev–Trinajstić information content (AvgIpc) is 3.50. The summed E-state index contributed by atoms with van der Waals surface area (Å²) < 4.78 is 44.6. The molecule has 11 heteroatoms. The molecule has 1 heterocycles. The molecule has 1 saturated carbocycles. The van der Waals surface area contributed by atoms with Crippen LogP contribution in [0.15, 0.2) is 71.6 Å². The molecule has 1 fully saturated rings. The number of H-pyrrole nitrogens is 1. The maximum Gasteiger partial charge on any atom is 0.339 e. The highest BCUT2D eigenvalue weighted by molar-refractivity contribution is 7.87. The van der Waals surface area contributed by atoms with Gasteiger partial charge >= 0.3 is 16.1 Å². The summed E-state index contributed by atoms with van der Waals surface area (Å²) in [5.74, 6) is -0.383. The number of aromatic nitrogens is 2. The van der Waals surface area contributed by atoms with Crippen LogP contribution in [0.2, 0.25) is 0 Å². The number of amides is 2. The van der Waals surface area contributed by atoms with Crippen LogP contribution >= 0.6 is 0 Å². The van der Waals surface area contributed by atoms with Crippen molar-refractivity contribution in [3.63, 3.8) is 0 Å². The van der Waals surface area contributed by atoms with Crippen molar-refractivity contribution < 1.29 is 21.8 Å². The second-order valence-electron chi connectivity index (χ2n) is 8.51. The first-order valence-corrected chi connectivity index (χ1v) is 12.9. The number of hydrogen-bond donors (Lipinski definition) is 4. The Bertz CT molecular complexity index is 1500. The summed E-state index contributed by atoms with van der Waals surface area (Å²) in [4.78, 5) is 19.3. The highest BCUT2D eigenvalue weighted by Crippen LogP contribution is 2.26. The van der Waals surface area contributed by atoms with Crippen molar-refractivity contribution in [2.24, 2.45) is 0 Å². The molecule has 0 bridgehead atoms. The molecule has 3 aromatic carbocycles. The molecule has 0 unspecified atom stereocenters. The summed E-state index contributed by atoms with van der Waals surface area (Å²) in [6.45, 7) is 0. The molecule has 4 aromatic rings. The van der Waals surface area contributed by atoms with Gasteiger partial charge in [-0.1, -0.05) is 25.0 Å². The van der Waals surface area contributed by atoms with E-state index in [2.05, 4.69) is 25.9 Å². The van der Waals surface area contributed by atoms with Crippen molar-refractivity contribution in [2.75, 3.05) is 16.0 Å². The second-order valence-corrected chi connectivity index (χ2v) is 10.1. The molecular formula is C25H24FN5O4S. The van der Waals surface area contributed by atoms with Gasteiger partial charge in [0.2, 0.25) is 5.95 Å². The van der Waals surface area contributed by atoms with Crippen LogP contribution in [0, 0.1) is 5.82 Å². The molecule has 9 nitrogen and oxygen atoms in total. The molecule has 1 aromatic heterocycles. The smallest absolute Gasteiger partial charge is 0.339 e. The van der Waals surface area contributed by atoms with Gasteiger partial charge in [0.25, 0.3) is 0 Å². The minimum atomic E-state index is -4.05. The van der Waals surface area contributed by atoms with E-state index < -0.39 is 22.0 Å². The number of para-hydroxylation sites is 1. The predicted molar refractivity (Wildman–Crippen MR) is 135 cm³/mol. The predicted octanol–water partition coefficient (Wildman–Crippen LogP) is 5.47. The van der Waals surface area contributed by atoms with E-state index >= 15 is 0 Å². The van der Waals surface area contributed by atoms with E-state index in [0.717, 1.165) is 18.5 Å². The Balaban J connectivity index is 1.25. The molecular weight excluding hydrogens is 485 g/mol. The number of halogens is 1. The number of benzene rings is 3. The van der Waals surface area contributed by atoms with E-state index in [4.69, 9.17) is 4.18 Å². The molecule has 4 N–H and O–H groups in total. The number of nitrogens with zero attached hydrogens (tertiary/aromatic N) is 1. The molecule has 0 aliphatic heterocycles. The lowest BCUT2D eigenvalue weighted by Gasteiger charge is -2.14. The first kappa shape index (κ1) is 23.6. The lowest BCUT2D eigenvalue weighted by Crippen LogP contribution is -2.20. The number of carbonyl (C=O) groups is 1. The van der Waals surface area contributed by atoms with Crippen LogP contribution in [0.3, 0.4) is 0 Å². The maximum absolute atomic E-state index is 13.7. The zero-order chi connectivity index (χ0) is 25.1. The Morgan fingerprint density at radius 2 is 1.75 bits per heavy atom. The van der Waals surface area contributed by atoms with Crippen LogP contribution in [0.5, 0.6) is 5.75 Å². The highest BCUT2D eigenvalue weighted by Gasteiger charge is 2.19. The number of aromatic amines is 1. The van der Waals surface area contributed by atoms with Gasteiger partial charge in [-0.3, -0.25) is 5.32 Å². The van der Waals surface area contributed by atoms with E-state index in [-0.39, 0.29) is 22.3 Å². The third-order valence-electron chi connectivity index (χ3n) is 5.88. The minimum absolute atomic E-state index is 0.0226. The molecule has 36 heavy (non-hydrogen) atoms. The van der Waals surface area contributed by atoms with Gasteiger partial charge in [0, 0.05) is 17.8 Å². The Morgan fingerprint density at radius 1 is 1.00 bits per heavy atom. The topological polar surface area (TPSA) is 125 Å². The van der Waals surface area contributed by atoms with E-state index in [1.54, 1.807) is 24.3 Å². The number of urea groups is 1. The molecule has 0 spiro atoms. The van der Waals surface area contributed by atoms with Gasteiger partial charge in [-0.25, -0.2) is 14.2 Å². The van der Waals surface area contributed by atoms with E-state index in [0.29, 0.717) is 17.1 Å². The zero-order valence-electron chi connectivity index (χ0n) is 19.1.